The van der Waals surface area contributed by atoms with Crippen molar-refractivity contribution in [1.29, 1.82) is 0 Å². The van der Waals surface area contributed by atoms with Gasteiger partial charge in [-0.2, -0.15) is 0 Å². The number of nitrogens with one attached hydrogen (secondary N) is 2. The van der Waals surface area contributed by atoms with Gasteiger partial charge in [-0.05, 0) is 48.2 Å². The number of anilines is 1. The second-order valence-corrected chi connectivity index (χ2v) is 8.32. The highest BCUT2D eigenvalue weighted by molar-refractivity contribution is 5.99. The van der Waals surface area contributed by atoms with E-state index in [1.165, 1.54) is 0 Å². The summed E-state index contributed by atoms with van der Waals surface area (Å²) in [5.41, 5.74) is 5.13. The molecular weight excluding hydrogens is 410 g/mol. The average Bonchev–Trinajstić information content (AvgIpc) is 3.37. The Hall–Kier alpha value is -3.86. The predicted octanol–water partition coefficient (Wildman–Crippen LogP) is 5.90. The van der Waals surface area contributed by atoms with E-state index in [1.807, 2.05) is 66.9 Å². The summed E-state index contributed by atoms with van der Waals surface area (Å²) >= 11 is 0. The molecule has 4 aromatic rings. The Balaban J connectivity index is 1.50. The van der Waals surface area contributed by atoms with Crippen molar-refractivity contribution in [2.75, 3.05) is 5.32 Å². The lowest BCUT2D eigenvalue weighted by Gasteiger charge is -2.25. The summed E-state index contributed by atoms with van der Waals surface area (Å²) in [6.07, 6.45) is 6.39. The Morgan fingerprint density at radius 3 is 2.52 bits per heavy atom. The van der Waals surface area contributed by atoms with Crippen molar-refractivity contribution in [3.05, 3.63) is 113 Å². The molecule has 0 fully saturated rings. The van der Waals surface area contributed by atoms with Crippen LogP contribution in [0.4, 0.5) is 5.69 Å². The number of rotatable bonds is 8. The molecule has 1 aromatic heterocycles. The molecule has 5 nitrogen and oxygen atoms in total. The van der Waals surface area contributed by atoms with Crippen molar-refractivity contribution in [2.45, 2.75) is 38.3 Å². The number of H-pyrrole nitrogens is 1. The molecule has 1 atom stereocenters. The molecule has 5 heteroatoms. The van der Waals surface area contributed by atoms with Crippen LogP contribution in [0.2, 0.25) is 0 Å². The van der Waals surface area contributed by atoms with Gasteiger partial charge >= 0.3 is 0 Å². The van der Waals surface area contributed by atoms with E-state index < -0.39 is 0 Å². The summed E-state index contributed by atoms with van der Waals surface area (Å²) in [6, 6.07) is 24.2. The van der Waals surface area contributed by atoms with Gasteiger partial charge in [-0.3, -0.25) is 4.79 Å². The van der Waals surface area contributed by atoms with Crippen LogP contribution in [-0.2, 0) is 19.4 Å². The molecule has 33 heavy (non-hydrogen) atoms. The molecule has 0 amide bonds. The zero-order valence-electron chi connectivity index (χ0n) is 18.5. The Kier molecular flexibility index (Phi) is 6.20. The first-order valence-corrected chi connectivity index (χ1v) is 11.4. The molecule has 166 valence electrons. The maximum atomic E-state index is 12.6. The number of imidazole rings is 1. The average molecular weight is 438 g/mol. The first-order chi connectivity index (χ1) is 16.3. The van der Waals surface area contributed by atoms with Gasteiger partial charge in [-0.15, -0.1) is 0 Å². The maximum absolute atomic E-state index is 12.6. The Morgan fingerprint density at radius 1 is 0.970 bits per heavy atom. The van der Waals surface area contributed by atoms with Crippen LogP contribution in [0.3, 0.4) is 0 Å². The monoisotopic (exact) mass is 437 g/mol. The quantitative estimate of drug-likeness (QED) is 0.360. The zero-order valence-corrected chi connectivity index (χ0v) is 18.5. The molecule has 1 aliphatic rings. The number of ketones is 1. The van der Waals surface area contributed by atoms with Crippen LogP contribution < -0.4 is 10.1 Å². The molecule has 2 N–H and O–H groups in total. The third kappa shape index (κ3) is 4.82. The first kappa shape index (κ1) is 21.0. The SMILES string of the molecule is O=C1CCCc2c1ccc(O[C@@H](Cc1ncc[nH]1)c1ccccc1)c2CNc1ccccc1. The molecule has 1 heterocycles. The van der Waals surface area contributed by atoms with Crippen molar-refractivity contribution in [3.8, 4) is 5.75 Å². The molecule has 0 spiro atoms. The number of Topliss-reactive ketones (excluding diaryl/α,β-unsaturated/α-hetero) is 1. The minimum absolute atomic E-state index is 0.204. The summed E-state index contributed by atoms with van der Waals surface area (Å²) in [5.74, 6) is 1.91. The number of ether oxygens (including phenoxy) is 1. The normalized spacial score (nSPS) is 13.9. The fourth-order valence-corrected chi connectivity index (χ4v) is 4.46. The standard InChI is InChI=1S/C28H27N3O2/c32-25-13-7-12-22-23(25)14-15-26(24(22)19-31-21-10-5-2-6-11-21)33-27(18-28-29-16-17-30-28)20-8-3-1-4-9-20/h1-6,8-11,14-17,27,31H,7,12-13,18-19H2,(H,29,30)/t27-/m0/s1. The summed E-state index contributed by atoms with van der Waals surface area (Å²) in [7, 11) is 0. The van der Waals surface area contributed by atoms with Crippen LogP contribution in [0, 0.1) is 0 Å². The van der Waals surface area contributed by atoms with Crippen molar-refractivity contribution in [3.63, 3.8) is 0 Å². The Morgan fingerprint density at radius 2 is 1.76 bits per heavy atom. The van der Waals surface area contributed by atoms with Gasteiger partial charge in [0.2, 0.25) is 0 Å². The van der Waals surface area contributed by atoms with E-state index in [9.17, 15) is 4.79 Å². The number of aromatic amines is 1. The van der Waals surface area contributed by atoms with Crippen molar-refractivity contribution in [1.82, 2.24) is 9.97 Å². The number of hydrogen-bond acceptors (Lipinski definition) is 4. The molecule has 0 bridgehead atoms. The minimum atomic E-state index is -0.204. The van der Waals surface area contributed by atoms with E-state index in [4.69, 9.17) is 4.74 Å². The van der Waals surface area contributed by atoms with Crippen molar-refractivity contribution < 1.29 is 9.53 Å². The minimum Gasteiger partial charge on any atom is -0.485 e. The second-order valence-electron chi connectivity index (χ2n) is 8.32. The van der Waals surface area contributed by atoms with Crippen LogP contribution in [0.25, 0.3) is 0 Å². The smallest absolute Gasteiger partial charge is 0.163 e. The molecule has 1 aliphatic carbocycles. The molecule has 3 aromatic carbocycles. The van der Waals surface area contributed by atoms with E-state index in [2.05, 4.69) is 27.4 Å². The largest absolute Gasteiger partial charge is 0.485 e. The van der Waals surface area contributed by atoms with Crippen LogP contribution >= 0.6 is 0 Å². The van der Waals surface area contributed by atoms with E-state index in [0.717, 1.165) is 52.4 Å². The van der Waals surface area contributed by atoms with E-state index in [1.54, 1.807) is 6.20 Å². The fraction of sp³-hybridized carbons (Fsp3) is 0.214. The number of fused-ring (bicyclic) bond motifs is 1. The zero-order chi connectivity index (χ0) is 22.5. The highest BCUT2D eigenvalue weighted by atomic mass is 16.5. The molecule has 0 saturated carbocycles. The van der Waals surface area contributed by atoms with Gasteiger partial charge in [-0.25, -0.2) is 4.98 Å². The third-order valence-electron chi connectivity index (χ3n) is 6.14. The topological polar surface area (TPSA) is 67.0 Å². The lowest BCUT2D eigenvalue weighted by atomic mass is 9.86. The number of benzene rings is 3. The van der Waals surface area contributed by atoms with Crippen LogP contribution in [0.1, 0.15) is 51.8 Å². The third-order valence-corrected chi connectivity index (χ3v) is 6.14. The number of carbonyl (C=O) groups is 1. The molecule has 5 rings (SSSR count). The lowest BCUT2D eigenvalue weighted by molar-refractivity contribution is 0.0972. The van der Waals surface area contributed by atoms with Gasteiger partial charge in [0, 0.05) is 48.6 Å². The molecule has 0 unspecified atom stereocenters. The Bertz CT molecular complexity index is 1200. The van der Waals surface area contributed by atoms with Gasteiger partial charge < -0.3 is 15.0 Å². The van der Waals surface area contributed by atoms with Crippen LogP contribution in [0.15, 0.2) is 85.2 Å². The number of carbonyl (C=O) groups excluding carboxylic acids is 1. The maximum Gasteiger partial charge on any atom is 0.163 e. The van der Waals surface area contributed by atoms with Gasteiger partial charge in [0.25, 0.3) is 0 Å². The number of hydrogen-bond donors (Lipinski definition) is 2. The van der Waals surface area contributed by atoms with Crippen molar-refractivity contribution in [2.24, 2.45) is 0 Å². The van der Waals surface area contributed by atoms with Gasteiger partial charge in [0.05, 0.1) is 0 Å². The summed E-state index contributed by atoms with van der Waals surface area (Å²) in [6.45, 7) is 0.595. The summed E-state index contributed by atoms with van der Waals surface area (Å²) in [4.78, 5) is 20.2. The van der Waals surface area contributed by atoms with Gasteiger partial charge in [0.1, 0.15) is 17.7 Å². The summed E-state index contributed by atoms with van der Waals surface area (Å²) in [5, 5.41) is 3.52. The van der Waals surface area contributed by atoms with E-state index in [-0.39, 0.29) is 11.9 Å². The number of nitrogens with zero attached hydrogens (tertiary/aromatic N) is 1. The van der Waals surface area contributed by atoms with E-state index in [0.29, 0.717) is 19.4 Å². The highest BCUT2D eigenvalue weighted by Crippen LogP contribution is 2.35. The molecule has 0 saturated heterocycles. The first-order valence-electron chi connectivity index (χ1n) is 11.4. The van der Waals surface area contributed by atoms with Crippen LogP contribution in [-0.4, -0.2) is 15.8 Å². The van der Waals surface area contributed by atoms with Gasteiger partial charge in [-0.1, -0.05) is 48.5 Å². The number of aromatic nitrogens is 2. The predicted molar refractivity (Wildman–Crippen MR) is 130 cm³/mol. The fourth-order valence-electron chi connectivity index (χ4n) is 4.46. The highest BCUT2D eigenvalue weighted by Gasteiger charge is 2.24. The molecule has 0 aliphatic heterocycles. The van der Waals surface area contributed by atoms with Crippen molar-refractivity contribution >= 4 is 11.5 Å². The molecular formula is C28H27N3O2. The Labute approximate surface area is 193 Å². The van der Waals surface area contributed by atoms with Gasteiger partial charge in [0.15, 0.2) is 5.78 Å². The molecule has 0 radical (unpaired) electrons. The van der Waals surface area contributed by atoms with E-state index >= 15 is 0 Å². The lowest BCUT2D eigenvalue weighted by Crippen LogP contribution is -2.18. The number of para-hydroxylation sites is 1. The van der Waals surface area contributed by atoms with Crippen LogP contribution in [0.5, 0.6) is 5.75 Å². The second kappa shape index (κ2) is 9.74. The summed E-state index contributed by atoms with van der Waals surface area (Å²) < 4.78 is 6.68.